The number of hydrogen-bond donors (Lipinski definition) is 2. The van der Waals surface area contributed by atoms with Crippen molar-refractivity contribution in [3.05, 3.63) is 28.8 Å². The molecule has 0 aromatic heterocycles. The predicted molar refractivity (Wildman–Crippen MR) is 83.5 cm³/mol. The van der Waals surface area contributed by atoms with E-state index >= 15 is 0 Å². The molecule has 1 aliphatic heterocycles. The number of halogens is 1. The molecule has 0 aliphatic carbocycles. The first-order valence-corrected chi connectivity index (χ1v) is 7.54. The Balaban J connectivity index is 2.12. The van der Waals surface area contributed by atoms with Gasteiger partial charge in [0.25, 0.3) is 0 Å². The predicted octanol–water partition coefficient (Wildman–Crippen LogP) is 2.26. The van der Waals surface area contributed by atoms with Crippen molar-refractivity contribution in [2.24, 2.45) is 11.7 Å². The number of nitrogens with two attached hydrogens (primary N) is 1. The van der Waals surface area contributed by atoms with Crippen LogP contribution in [-0.4, -0.2) is 32.1 Å². The standard InChI is InChI=1S/C15H22ClN3O/c1-2-19(10-11-4-3-7-18-9-11)14-6-5-12(15(17)20)8-13(14)16/h5-6,8,11,18H,2-4,7,9-10H2,1H3,(H2,17,20). The number of primary amides is 1. The fraction of sp³-hybridized carbons (Fsp3) is 0.533. The van der Waals surface area contributed by atoms with E-state index < -0.39 is 5.91 Å². The van der Waals surface area contributed by atoms with Gasteiger partial charge in [-0.1, -0.05) is 11.6 Å². The van der Waals surface area contributed by atoms with Crippen molar-refractivity contribution >= 4 is 23.2 Å². The number of carbonyl (C=O) groups excluding carboxylic acids is 1. The van der Waals surface area contributed by atoms with Crippen LogP contribution in [0.3, 0.4) is 0 Å². The maximum Gasteiger partial charge on any atom is 0.248 e. The first-order chi connectivity index (χ1) is 9.61. The molecular weight excluding hydrogens is 274 g/mol. The van der Waals surface area contributed by atoms with E-state index in [0.29, 0.717) is 16.5 Å². The second kappa shape index (κ2) is 6.95. The van der Waals surface area contributed by atoms with Crippen molar-refractivity contribution in [2.75, 3.05) is 31.1 Å². The van der Waals surface area contributed by atoms with Crippen LogP contribution in [-0.2, 0) is 0 Å². The Morgan fingerprint density at radius 3 is 2.90 bits per heavy atom. The van der Waals surface area contributed by atoms with Crippen molar-refractivity contribution in [1.82, 2.24) is 5.32 Å². The zero-order valence-electron chi connectivity index (χ0n) is 11.9. The van der Waals surface area contributed by atoms with Gasteiger partial charge in [0.15, 0.2) is 0 Å². The molecule has 0 bridgehead atoms. The van der Waals surface area contributed by atoms with Gasteiger partial charge in [-0.25, -0.2) is 0 Å². The maximum absolute atomic E-state index is 11.2. The molecule has 1 saturated heterocycles. The molecule has 1 fully saturated rings. The number of anilines is 1. The van der Waals surface area contributed by atoms with Crippen LogP contribution in [0.5, 0.6) is 0 Å². The van der Waals surface area contributed by atoms with Gasteiger partial charge in [0.05, 0.1) is 10.7 Å². The van der Waals surface area contributed by atoms with Crippen LogP contribution in [0.4, 0.5) is 5.69 Å². The third-order valence-electron chi connectivity index (χ3n) is 3.83. The van der Waals surface area contributed by atoms with Crippen LogP contribution in [0.1, 0.15) is 30.1 Å². The number of carbonyl (C=O) groups is 1. The number of rotatable bonds is 5. The van der Waals surface area contributed by atoms with Gasteiger partial charge in [0, 0.05) is 18.7 Å². The summed E-state index contributed by atoms with van der Waals surface area (Å²) in [5, 5.41) is 4.02. The van der Waals surface area contributed by atoms with Gasteiger partial charge in [-0.05, 0) is 57.0 Å². The van der Waals surface area contributed by atoms with Crippen LogP contribution < -0.4 is 16.0 Å². The molecule has 1 aliphatic rings. The first kappa shape index (κ1) is 15.1. The monoisotopic (exact) mass is 295 g/mol. The van der Waals surface area contributed by atoms with Gasteiger partial charge in [-0.3, -0.25) is 4.79 Å². The highest BCUT2D eigenvalue weighted by Gasteiger charge is 2.18. The molecule has 1 atom stereocenters. The minimum atomic E-state index is -0.446. The smallest absolute Gasteiger partial charge is 0.248 e. The lowest BCUT2D eigenvalue weighted by molar-refractivity contribution is 0.100. The topological polar surface area (TPSA) is 58.4 Å². The van der Waals surface area contributed by atoms with Crippen molar-refractivity contribution in [3.8, 4) is 0 Å². The minimum absolute atomic E-state index is 0.446. The Hall–Kier alpha value is -1.26. The van der Waals surface area contributed by atoms with E-state index in [9.17, 15) is 4.79 Å². The Kier molecular flexibility index (Phi) is 5.26. The number of piperidine rings is 1. The van der Waals surface area contributed by atoms with Crippen molar-refractivity contribution in [1.29, 1.82) is 0 Å². The number of benzene rings is 1. The number of nitrogens with zero attached hydrogens (tertiary/aromatic N) is 1. The molecule has 1 heterocycles. The lowest BCUT2D eigenvalue weighted by atomic mass is 9.98. The lowest BCUT2D eigenvalue weighted by Crippen LogP contribution is -2.38. The van der Waals surface area contributed by atoms with Gasteiger partial charge in [-0.2, -0.15) is 0 Å². The van der Waals surface area contributed by atoms with Crippen molar-refractivity contribution < 1.29 is 4.79 Å². The highest BCUT2D eigenvalue weighted by atomic mass is 35.5. The molecule has 1 unspecified atom stereocenters. The van der Waals surface area contributed by atoms with Crippen molar-refractivity contribution in [2.45, 2.75) is 19.8 Å². The average molecular weight is 296 g/mol. The third kappa shape index (κ3) is 3.64. The molecule has 2 rings (SSSR count). The van der Waals surface area contributed by atoms with Crippen LogP contribution >= 0.6 is 11.6 Å². The van der Waals surface area contributed by atoms with Crippen LogP contribution in [0.2, 0.25) is 5.02 Å². The summed E-state index contributed by atoms with van der Waals surface area (Å²) in [5.74, 6) is 0.202. The third-order valence-corrected chi connectivity index (χ3v) is 4.13. The van der Waals surface area contributed by atoms with E-state index in [1.165, 1.54) is 12.8 Å². The van der Waals surface area contributed by atoms with Crippen LogP contribution in [0, 0.1) is 5.92 Å². The summed E-state index contributed by atoms with van der Waals surface area (Å²) in [6, 6.07) is 5.29. The quantitative estimate of drug-likeness (QED) is 0.876. The molecule has 1 amide bonds. The molecule has 3 N–H and O–H groups in total. The average Bonchev–Trinajstić information content (AvgIpc) is 2.46. The normalized spacial score (nSPS) is 18.8. The van der Waals surface area contributed by atoms with E-state index in [1.807, 2.05) is 6.07 Å². The Labute approximate surface area is 125 Å². The molecule has 4 nitrogen and oxygen atoms in total. The summed E-state index contributed by atoms with van der Waals surface area (Å²) in [6.45, 7) is 6.18. The molecule has 0 spiro atoms. The lowest BCUT2D eigenvalue weighted by Gasteiger charge is -2.31. The largest absolute Gasteiger partial charge is 0.370 e. The summed E-state index contributed by atoms with van der Waals surface area (Å²) < 4.78 is 0. The zero-order chi connectivity index (χ0) is 14.5. The fourth-order valence-corrected chi connectivity index (χ4v) is 3.01. The minimum Gasteiger partial charge on any atom is -0.370 e. The number of nitrogens with one attached hydrogen (secondary N) is 1. The molecular formula is C15H22ClN3O. The zero-order valence-corrected chi connectivity index (χ0v) is 12.6. The van der Waals surface area contributed by atoms with Crippen LogP contribution in [0.15, 0.2) is 18.2 Å². The fourth-order valence-electron chi connectivity index (χ4n) is 2.71. The summed E-state index contributed by atoms with van der Waals surface area (Å²) in [5.41, 5.74) is 6.70. The van der Waals surface area contributed by atoms with Gasteiger partial charge < -0.3 is 16.0 Å². The Morgan fingerprint density at radius 1 is 1.55 bits per heavy atom. The van der Waals surface area contributed by atoms with Gasteiger partial charge in [-0.15, -0.1) is 0 Å². The maximum atomic E-state index is 11.2. The van der Waals surface area contributed by atoms with Gasteiger partial charge >= 0.3 is 0 Å². The van der Waals surface area contributed by atoms with Gasteiger partial charge in [0.2, 0.25) is 5.91 Å². The molecule has 110 valence electrons. The molecule has 1 aromatic carbocycles. The Morgan fingerprint density at radius 2 is 2.35 bits per heavy atom. The van der Waals surface area contributed by atoms with E-state index in [1.54, 1.807) is 12.1 Å². The van der Waals surface area contributed by atoms with Crippen molar-refractivity contribution in [3.63, 3.8) is 0 Å². The Bertz CT molecular complexity index is 472. The first-order valence-electron chi connectivity index (χ1n) is 7.16. The SMILES string of the molecule is CCN(CC1CCCNC1)c1ccc(C(N)=O)cc1Cl. The second-order valence-corrected chi connectivity index (χ2v) is 5.69. The highest BCUT2D eigenvalue weighted by molar-refractivity contribution is 6.33. The molecule has 5 heteroatoms. The molecule has 1 aromatic rings. The van der Waals surface area contributed by atoms with E-state index in [-0.39, 0.29) is 0 Å². The number of amides is 1. The molecule has 0 saturated carbocycles. The number of hydrogen-bond acceptors (Lipinski definition) is 3. The molecule has 0 radical (unpaired) electrons. The summed E-state index contributed by atoms with van der Waals surface area (Å²) >= 11 is 6.30. The molecule has 20 heavy (non-hydrogen) atoms. The second-order valence-electron chi connectivity index (χ2n) is 5.28. The van der Waals surface area contributed by atoms with E-state index in [0.717, 1.165) is 31.9 Å². The highest BCUT2D eigenvalue weighted by Crippen LogP contribution is 2.28. The van der Waals surface area contributed by atoms with Crippen LogP contribution in [0.25, 0.3) is 0 Å². The van der Waals surface area contributed by atoms with E-state index in [2.05, 4.69) is 17.1 Å². The van der Waals surface area contributed by atoms with Gasteiger partial charge in [0.1, 0.15) is 0 Å². The van der Waals surface area contributed by atoms with E-state index in [4.69, 9.17) is 17.3 Å². The summed E-state index contributed by atoms with van der Waals surface area (Å²) in [7, 11) is 0. The summed E-state index contributed by atoms with van der Waals surface area (Å²) in [6.07, 6.45) is 2.48. The summed E-state index contributed by atoms with van der Waals surface area (Å²) in [4.78, 5) is 13.4.